The first-order valence-corrected chi connectivity index (χ1v) is 9.69. The summed E-state index contributed by atoms with van der Waals surface area (Å²) in [4.78, 5) is 16.6. The molecule has 0 aliphatic rings. The molecule has 0 fully saturated rings. The Morgan fingerprint density at radius 1 is 1.03 bits per heavy atom. The van der Waals surface area contributed by atoms with Crippen LogP contribution in [0, 0.1) is 20.8 Å². The van der Waals surface area contributed by atoms with Gasteiger partial charge in [-0.2, -0.15) is 0 Å². The number of carbonyl (C=O) groups excluding carboxylic acids is 1. The van der Waals surface area contributed by atoms with Crippen molar-refractivity contribution >= 4 is 35.1 Å². The number of ether oxygens (including phenoxy) is 1. The minimum atomic E-state index is -0.243. The van der Waals surface area contributed by atoms with Crippen LogP contribution >= 0.6 is 11.6 Å². The van der Waals surface area contributed by atoms with Crippen LogP contribution in [-0.4, -0.2) is 18.7 Å². The smallest absolute Gasteiger partial charge is 0.262 e. The van der Waals surface area contributed by atoms with E-state index in [1.807, 2.05) is 55.5 Å². The number of nitrogens with zero attached hydrogens (tertiary/aromatic N) is 1. The van der Waals surface area contributed by atoms with Gasteiger partial charge in [-0.1, -0.05) is 29.8 Å². The Hall–Kier alpha value is -3.11. The number of benzene rings is 3. The van der Waals surface area contributed by atoms with Gasteiger partial charge in [0.1, 0.15) is 5.75 Å². The zero-order chi connectivity index (χ0) is 20.8. The summed E-state index contributed by atoms with van der Waals surface area (Å²) < 4.78 is 5.56. The second-order valence-corrected chi connectivity index (χ2v) is 7.33. The molecular weight excluding hydrogens is 384 g/mol. The molecule has 4 nitrogen and oxygen atoms in total. The second-order valence-electron chi connectivity index (χ2n) is 6.92. The van der Waals surface area contributed by atoms with Crippen molar-refractivity contribution in [3.05, 3.63) is 87.9 Å². The lowest BCUT2D eigenvalue weighted by Crippen LogP contribution is -2.20. The fourth-order valence-corrected chi connectivity index (χ4v) is 2.98. The number of hydrogen-bond acceptors (Lipinski definition) is 3. The third-order valence-electron chi connectivity index (χ3n) is 4.47. The Kier molecular flexibility index (Phi) is 6.68. The Morgan fingerprint density at radius 3 is 2.59 bits per heavy atom. The first-order valence-electron chi connectivity index (χ1n) is 9.31. The third kappa shape index (κ3) is 5.93. The van der Waals surface area contributed by atoms with Gasteiger partial charge in [-0.15, -0.1) is 0 Å². The van der Waals surface area contributed by atoms with Gasteiger partial charge in [0.15, 0.2) is 6.61 Å². The molecule has 0 aromatic heterocycles. The molecule has 1 amide bonds. The first kappa shape index (κ1) is 20.6. The van der Waals surface area contributed by atoms with Crippen molar-refractivity contribution < 1.29 is 9.53 Å². The molecule has 0 saturated heterocycles. The van der Waals surface area contributed by atoms with Crippen LogP contribution in [0.15, 0.2) is 65.7 Å². The van der Waals surface area contributed by atoms with Gasteiger partial charge in [-0.3, -0.25) is 9.79 Å². The molecular formula is C24H23ClN2O2. The average Bonchev–Trinajstić information content (AvgIpc) is 2.68. The van der Waals surface area contributed by atoms with Crippen LogP contribution in [-0.2, 0) is 4.79 Å². The predicted octanol–water partition coefficient (Wildman–Crippen LogP) is 6.03. The monoisotopic (exact) mass is 406 g/mol. The van der Waals surface area contributed by atoms with Gasteiger partial charge in [0.25, 0.3) is 5.91 Å². The van der Waals surface area contributed by atoms with E-state index in [1.165, 1.54) is 11.1 Å². The molecule has 148 valence electrons. The zero-order valence-electron chi connectivity index (χ0n) is 16.7. The number of carbonyl (C=O) groups is 1. The van der Waals surface area contributed by atoms with Gasteiger partial charge in [0, 0.05) is 11.9 Å². The van der Waals surface area contributed by atoms with E-state index in [2.05, 4.69) is 24.2 Å². The highest BCUT2D eigenvalue weighted by molar-refractivity contribution is 6.32. The molecule has 3 aromatic rings. The standard InChI is InChI=1S/C24H23ClN2O2/c1-16-5-4-6-21(11-16)27-24(28)15-29-23-10-8-19(13-22(23)25)14-26-20-9-7-17(2)18(3)12-20/h4-14H,15H2,1-3H3,(H,27,28). The lowest BCUT2D eigenvalue weighted by molar-refractivity contribution is -0.118. The van der Waals surface area contributed by atoms with Crippen LogP contribution < -0.4 is 10.1 Å². The third-order valence-corrected chi connectivity index (χ3v) is 4.77. The van der Waals surface area contributed by atoms with Crippen molar-refractivity contribution in [2.75, 3.05) is 11.9 Å². The Bertz CT molecular complexity index is 1060. The summed E-state index contributed by atoms with van der Waals surface area (Å²) in [6.07, 6.45) is 1.75. The minimum absolute atomic E-state index is 0.121. The number of aliphatic imine (C=N–C) groups is 1. The van der Waals surface area contributed by atoms with Gasteiger partial charge in [-0.05, 0) is 85.5 Å². The molecule has 0 heterocycles. The molecule has 0 unspecified atom stereocenters. The average molecular weight is 407 g/mol. The molecule has 0 saturated carbocycles. The van der Waals surface area contributed by atoms with Crippen molar-refractivity contribution in [1.29, 1.82) is 0 Å². The number of halogens is 1. The number of nitrogens with one attached hydrogen (secondary N) is 1. The molecule has 0 aliphatic carbocycles. The molecule has 0 bridgehead atoms. The lowest BCUT2D eigenvalue weighted by atomic mass is 10.1. The zero-order valence-corrected chi connectivity index (χ0v) is 17.5. The van der Waals surface area contributed by atoms with E-state index in [4.69, 9.17) is 16.3 Å². The summed E-state index contributed by atoms with van der Waals surface area (Å²) in [7, 11) is 0. The van der Waals surface area contributed by atoms with Crippen molar-refractivity contribution in [3.63, 3.8) is 0 Å². The quantitative estimate of drug-likeness (QED) is 0.508. The maximum absolute atomic E-state index is 12.1. The van der Waals surface area contributed by atoms with Crippen molar-refractivity contribution in [2.45, 2.75) is 20.8 Å². The molecule has 0 radical (unpaired) electrons. The van der Waals surface area contributed by atoms with Crippen LogP contribution in [0.1, 0.15) is 22.3 Å². The number of aryl methyl sites for hydroxylation is 3. The van der Waals surface area contributed by atoms with Crippen LogP contribution in [0.2, 0.25) is 5.02 Å². The van der Waals surface area contributed by atoms with Gasteiger partial charge >= 0.3 is 0 Å². The van der Waals surface area contributed by atoms with E-state index >= 15 is 0 Å². The van der Waals surface area contributed by atoms with Crippen molar-refractivity contribution in [1.82, 2.24) is 0 Å². The fraction of sp³-hybridized carbons (Fsp3) is 0.167. The van der Waals surface area contributed by atoms with Crippen LogP contribution in [0.5, 0.6) is 5.75 Å². The highest BCUT2D eigenvalue weighted by Gasteiger charge is 2.07. The number of amides is 1. The van der Waals surface area contributed by atoms with E-state index in [0.717, 1.165) is 22.5 Å². The minimum Gasteiger partial charge on any atom is -0.482 e. The maximum Gasteiger partial charge on any atom is 0.262 e. The summed E-state index contributed by atoms with van der Waals surface area (Å²) in [5.41, 5.74) is 5.99. The first-order chi connectivity index (χ1) is 13.9. The summed E-state index contributed by atoms with van der Waals surface area (Å²) in [5, 5.41) is 3.23. The number of anilines is 1. The predicted molar refractivity (Wildman–Crippen MR) is 120 cm³/mol. The molecule has 3 rings (SSSR count). The SMILES string of the molecule is Cc1cccc(NC(=O)COc2ccc(C=Nc3ccc(C)c(C)c3)cc2Cl)c1. The normalized spacial score (nSPS) is 10.9. The van der Waals surface area contributed by atoms with E-state index < -0.39 is 0 Å². The number of rotatable bonds is 6. The van der Waals surface area contributed by atoms with Crippen LogP contribution in [0.25, 0.3) is 0 Å². The van der Waals surface area contributed by atoms with E-state index in [9.17, 15) is 4.79 Å². The van der Waals surface area contributed by atoms with Gasteiger partial charge in [-0.25, -0.2) is 0 Å². The highest BCUT2D eigenvalue weighted by Crippen LogP contribution is 2.25. The van der Waals surface area contributed by atoms with Crippen LogP contribution in [0.4, 0.5) is 11.4 Å². The Balaban J connectivity index is 1.59. The summed E-state index contributed by atoms with van der Waals surface area (Å²) >= 11 is 6.30. The molecule has 5 heteroatoms. The van der Waals surface area contributed by atoms with E-state index in [-0.39, 0.29) is 12.5 Å². The molecule has 0 spiro atoms. The molecule has 0 atom stereocenters. The molecule has 1 N–H and O–H groups in total. The van der Waals surface area contributed by atoms with Crippen molar-refractivity contribution in [3.8, 4) is 5.75 Å². The maximum atomic E-state index is 12.1. The van der Waals surface area contributed by atoms with Gasteiger partial charge in [0.2, 0.25) is 0 Å². The summed E-state index contributed by atoms with van der Waals surface area (Å²) in [5.74, 6) is 0.210. The van der Waals surface area contributed by atoms with Gasteiger partial charge < -0.3 is 10.1 Å². The highest BCUT2D eigenvalue weighted by atomic mass is 35.5. The number of hydrogen-bond donors (Lipinski definition) is 1. The second kappa shape index (κ2) is 9.39. The molecule has 29 heavy (non-hydrogen) atoms. The largest absolute Gasteiger partial charge is 0.482 e. The fourth-order valence-electron chi connectivity index (χ4n) is 2.73. The Labute approximate surface area is 176 Å². The lowest BCUT2D eigenvalue weighted by Gasteiger charge is -2.09. The summed E-state index contributed by atoms with van der Waals surface area (Å²) in [6.45, 7) is 5.98. The molecule has 0 aliphatic heterocycles. The van der Waals surface area contributed by atoms with E-state index in [0.29, 0.717) is 10.8 Å². The molecule has 3 aromatic carbocycles. The summed E-state index contributed by atoms with van der Waals surface area (Å²) in [6, 6.07) is 19.0. The Morgan fingerprint density at radius 2 is 1.86 bits per heavy atom. The topological polar surface area (TPSA) is 50.7 Å². The van der Waals surface area contributed by atoms with Gasteiger partial charge in [0.05, 0.1) is 10.7 Å². The van der Waals surface area contributed by atoms with Crippen LogP contribution in [0.3, 0.4) is 0 Å². The van der Waals surface area contributed by atoms with Crippen molar-refractivity contribution in [2.24, 2.45) is 4.99 Å². The van der Waals surface area contributed by atoms with E-state index in [1.54, 1.807) is 18.3 Å².